The largest absolute Gasteiger partial charge is 0.396 e. The average Bonchev–Trinajstić information content (AvgIpc) is 2.95. The molecule has 0 unspecified atom stereocenters. The molecule has 0 radical (unpaired) electrons. The highest BCUT2D eigenvalue weighted by Gasteiger charge is 2.44. The Morgan fingerprint density at radius 1 is 1.23 bits per heavy atom. The molecule has 26 heavy (non-hydrogen) atoms. The molecule has 1 aromatic rings. The average molecular weight is 361 g/mol. The van der Waals surface area contributed by atoms with E-state index in [0.29, 0.717) is 17.9 Å². The van der Waals surface area contributed by atoms with Crippen molar-refractivity contribution in [3.63, 3.8) is 0 Å². The molecule has 0 bridgehead atoms. The standard InChI is InChI=1S/C21H36N4O/c1-17(2)5-9-24-10-6-21(19(14-24)16-26)7-11-25(12-8-21)15-20-13-22-18(3)23(20)4/h5,13,19,26H,6-12,14-16H2,1-4H3/t19-/m0/s1. The molecule has 0 amide bonds. The van der Waals surface area contributed by atoms with E-state index in [1.165, 1.54) is 37.1 Å². The van der Waals surface area contributed by atoms with Gasteiger partial charge in [0.15, 0.2) is 0 Å². The Morgan fingerprint density at radius 3 is 2.42 bits per heavy atom. The minimum atomic E-state index is 0.326. The fourth-order valence-corrected chi connectivity index (χ4v) is 4.65. The van der Waals surface area contributed by atoms with Crippen LogP contribution in [0.2, 0.25) is 0 Å². The van der Waals surface area contributed by atoms with Gasteiger partial charge < -0.3 is 9.67 Å². The van der Waals surface area contributed by atoms with E-state index in [1.807, 2.05) is 6.20 Å². The summed E-state index contributed by atoms with van der Waals surface area (Å²) >= 11 is 0. The van der Waals surface area contributed by atoms with Gasteiger partial charge in [-0.05, 0) is 65.1 Å². The number of hydrogen-bond acceptors (Lipinski definition) is 4. The fraction of sp³-hybridized carbons (Fsp3) is 0.762. The van der Waals surface area contributed by atoms with Crippen molar-refractivity contribution >= 4 is 0 Å². The van der Waals surface area contributed by atoms with Gasteiger partial charge in [-0.15, -0.1) is 0 Å². The molecule has 0 aromatic carbocycles. The molecule has 146 valence electrons. The van der Waals surface area contributed by atoms with E-state index in [1.54, 1.807) is 0 Å². The van der Waals surface area contributed by atoms with E-state index in [2.05, 4.69) is 53.2 Å². The lowest BCUT2D eigenvalue weighted by molar-refractivity contribution is -0.0404. The Bertz CT molecular complexity index is 624. The summed E-state index contributed by atoms with van der Waals surface area (Å²) in [5.74, 6) is 1.50. The second-order valence-corrected chi connectivity index (χ2v) is 8.66. The van der Waals surface area contributed by atoms with Crippen LogP contribution in [0.15, 0.2) is 17.8 Å². The topological polar surface area (TPSA) is 44.5 Å². The minimum Gasteiger partial charge on any atom is -0.396 e. The molecule has 2 fully saturated rings. The van der Waals surface area contributed by atoms with Crippen LogP contribution in [-0.4, -0.2) is 63.8 Å². The molecule has 1 spiro atoms. The lowest BCUT2D eigenvalue weighted by Gasteiger charge is -2.51. The first kappa shape index (κ1) is 19.6. The maximum absolute atomic E-state index is 10.1. The summed E-state index contributed by atoms with van der Waals surface area (Å²) in [7, 11) is 2.10. The molecule has 2 aliphatic rings. The Labute approximate surface area is 158 Å². The van der Waals surface area contributed by atoms with Crippen molar-refractivity contribution in [2.75, 3.05) is 39.3 Å². The molecule has 0 aliphatic carbocycles. The summed E-state index contributed by atoms with van der Waals surface area (Å²) < 4.78 is 2.20. The van der Waals surface area contributed by atoms with E-state index < -0.39 is 0 Å². The lowest BCUT2D eigenvalue weighted by atomic mass is 9.64. The van der Waals surface area contributed by atoms with E-state index in [9.17, 15) is 5.11 Å². The van der Waals surface area contributed by atoms with Crippen molar-refractivity contribution in [2.45, 2.75) is 46.6 Å². The van der Waals surface area contributed by atoms with Crippen LogP contribution in [0.25, 0.3) is 0 Å². The molecule has 3 rings (SSSR count). The van der Waals surface area contributed by atoms with Gasteiger partial charge in [-0.25, -0.2) is 4.98 Å². The maximum Gasteiger partial charge on any atom is 0.105 e. The van der Waals surface area contributed by atoms with Gasteiger partial charge in [-0.2, -0.15) is 0 Å². The molecule has 1 atom stereocenters. The van der Waals surface area contributed by atoms with Crippen LogP contribution in [0.4, 0.5) is 0 Å². The zero-order valence-electron chi connectivity index (χ0n) is 17.0. The van der Waals surface area contributed by atoms with Crippen LogP contribution >= 0.6 is 0 Å². The van der Waals surface area contributed by atoms with Crippen molar-refractivity contribution < 1.29 is 5.11 Å². The number of allylic oxidation sites excluding steroid dienone is 1. The highest BCUT2D eigenvalue weighted by Crippen LogP contribution is 2.45. The number of piperidine rings is 2. The normalized spacial score (nSPS) is 24.1. The highest BCUT2D eigenvalue weighted by atomic mass is 16.3. The second kappa shape index (κ2) is 8.24. The van der Waals surface area contributed by atoms with Gasteiger partial charge in [0.05, 0.1) is 5.69 Å². The SMILES string of the molecule is CC(C)=CCN1CCC2(CCN(Cc3cnc(C)n3C)CC2)[C@H](CO)C1. The number of aliphatic hydroxyl groups excluding tert-OH is 1. The molecule has 5 nitrogen and oxygen atoms in total. The van der Waals surface area contributed by atoms with Gasteiger partial charge in [0, 0.05) is 45.4 Å². The van der Waals surface area contributed by atoms with Gasteiger partial charge >= 0.3 is 0 Å². The fourth-order valence-electron chi connectivity index (χ4n) is 4.65. The summed E-state index contributed by atoms with van der Waals surface area (Å²) in [6.45, 7) is 13.2. The van der Waals surface area contributed by atoms with Gasteiger partial charge in [-0.3, -0.25) is 9.80 Å². The zero-order valence-corrected chi connectivity index (χ0v) is 17.0. The van der Waals surface area contributed by atoms with E-state index >= 15 is 0 Å². The van der Waals surface area contributed by atoms with Gasteiger partial charge in [0.2, 0.25) is 0 Å². The molecule has 2 aliphatic heterocycles. The quantitative estimate of drug-likeness (QED) is 0.820. The van der Waals surface area contributed by atoms with E-state index in [0.717, 1.165) is 38.5 Å². The number of hydrogen-bond donors (Lipinski definition) is 1. The summed E-state index contributed by atoms with van der Waals surface area (Å²) in [4.78, 5) is 9.50. The van der Waals surface area contributed by atoms with Crippen molar-refractivity contribution in [1.29, 1.82) is 0 Å². The third-order valence-electron chi connectivity index (χ3n) is 6.80. The molecule has 0 saturated carbocycles. The summed E-state index contributed by atoms with van der Waals surface area (Å²) in [5.41, 5.74) is 3.02. The first-order chi connectivity index (χ1) is 12.4. The predicted molar refractivity (Wildman–Crippen MR) is 106 cm³/mol. The van der Waals surface area contributed by atoms with Crippen molar-refractivity contribution in [1.82, 2.24) is 19.4 Å². The Morgan fingerprint density at radius 2 is 1.88 bits per heavy atom. The zero-order chi connectivity index (χ0) is 18.7. The van der Waals surface area contributed by atoms with Crippen molar-refractivity contribution in [2.24, 2.45) is 18.4 Å². The first-order valence-electron chi connectivity index (χ1n) is 10.1. The smallest absolute Gasteiger partial charge is 0.105 e. The lowest BCUT2D eigenvalue weighted by Crippen LogP contribution is -2.53. The molecule has 1 N–H and O–H groups in total. The summed E-state index contributed by atoms with van der Waals surface area (Å²) in [6.07, 6.45) is 7.98. The number of nitrogens with zero attached hydrogens (tertiary/aromatic N) is 4. The molecule has 3 heterocycles. The third kappa shape index (κ3) is 4.21. The molecular weight excluding hydrogens is 324 g/mol. The van der Waals surface area contributed by atoms with Gasteiger partial charge in [0.25, 0.3) is 0 Å². The number of imidazole rings is 1. The first-order valence-corrected chi connectivity index (χ1v) is 10.1. The van der Waals surface area contributed by atoms with Crippen molar-refractivity contribution in [3.8, 4) is 0 Å². The number of aliphatic hydroxyl groups is 1. The summed E-state index contributed by atoms with van der Waals surface area (Å²) in [6, 6.07) is 0. The van der Waals surface area contributed by atoms with Crippen LogP contribution < -0.4 is 0 Å². The van der Waals surface area contributed by atoms with Crippen LogP contribution in [0.1, 0.15) is 44.6 Å². The van der Waals surface area contributed by atoms with E-state index in [-0.39, 0.29) is 0 Å². The van der Waals surface area contributed by atoms with Crippen LogP contribution in [0.3, 0.4) is 0 Å². The predicted octanol–water partition coefficient (Wildman–Crippen LogP) is 2.59. The van der Waals surface area contributed by atoms with Crippen molar-refractivity contribution in [3.05, 3.63) is 29.4 Å². The molecule has 2 saturated heterocycles. The number of likely N-dealkylation sites (tertiary alicyclic amines) is 2. The molecular formula is C21H36N4O. The minimum absolute atomic E-state index is 0.326. The molecule has 1 aromatic heterocycles. The van der Waals surface area contributed by atoms with Crippen LogP contribution in [0.5, 0.6) is 0 Å². The number of aromatic nitrogens is 2. The van der Waals surface area contributed by atoms with E-state index in [4.69, 9.17) is 0 Å². The summed E-state index contributed by atoms with van der Waals surface area (Å²) in [5, 5.41) is 10.1. The molecule has 5 heteroatoms. The number of rotatable bonds is 5. The van der Waals surface area contributed by atoms with Crippen LogP contribution in [-0.2, 0) is 13.6 Å². The Hall–Kier alpha value is -1.17. The maximum atomic E-state index is 10.1. The van der Waals surface area contributed by atoms with Gasteiger partial charge in [-0.1, -0.05) is 11.6 Å². The third-order valence-corrected chi connectivity index (χ3v) is 6.80. The van der Waals surface area contributed by atoms with Crippen LogP contribution in [0, 0.1) is 18.3 Å². The van der Waals surface area contributed by atoms with Gasteiger partial charge in [0.1, 0.15) is 5.82 Å². The Balaban J connectivity index is 1.57. The number of aryl methyl sites for hydroxylation is 1. The highest BCUT2D eigenvalue weighted by molar-refractivity contribution is 5.05. The monoisotopic (exact) mass is 360 g/mol. The second-order valence-electron chi connectivity index (χ2n) is 8.66. The Kier molecular flexibility index (Phi) is 6.21.